The number of thiophene rings is 1. The van der Waals surface area contributed by atoms with Gasteiger partial charge in [-0.15, -0.1) is 11.3 Å². The predicted molar refractivity (Wildman–Crippen MR) is 123 cm³/mol. The fraction of sp³-hybridized carbons (Fsp3) is 0.261. The fourth-order valence-electron chi connectivity index (χ4n) is 3.99. The first kappa shape index (κ1) is 21.3. The van der Waals surface area contributed by atoms with Gasteiger partial charge >= 0.3 is 5.97 Å². The molecule has 1 aliphatic rings. The number of carboxylic acids is 1. The van der Waals surface area contributed by atoms with Crippen molar-refractivity contribution in [3.05, 3.63) is 73.9 Å². The molecule has 1 aromatic carbocycles. The third-order valence-electron chi connectivity index (χ3n) is 5.52. The van der Waals surface area contributed by atoms with Gasteiger partial charge in [0, 0.05) is 32.4 Å². The van der Waals surface area contributed by atoms with E-state index in [0.29, 0.717) is 16.1 Å². The number of benzene rings is 1. The number of carboxylic acid groups (broad SMARTS) is 1. The maximum Gasteiger partial charge on any atom is 0.339 e. The van der Waals surface area contributed by atoms with Crippen LogP contribution < -0.4 is 5.43 Å². The number of rotatable bonds is 5. The Hall–Kier alpha value is -2.90. The average molecular weight is 456 g/mol. The third-order valence-corrected chi connectivity index (χ3v) is 7.05. The van der Waals surface area contributed by atoms with Crippen LogP contribution in [0.25, 0.3) is 5.00 Å². The maximum absolute atomic E-state index is 12.2. The molecule has 1 aliphatic carbocycles. The Morgan fingerprint density at radius 3 is 2.61 bits per heavy atom. The van der Waals surface area contributed by atoms with Crippen LogP contribution in [-0.4, -0.2) is 27.8 Å². The number of nitrogens with one attached hydrogen (secondary N) is 1. The van der Waals surface area contributed by atoms with Crippen LogP contribution in [0.3, 0.4) is 0 Å². The van der Waals surface area contributed by atoms with E-state index in [1.165, 1.54) is 4.88 Å². The van der Waals surface area contributed by atoms with Crippen LogP contribution in [0.4, 0.5) is 0 Å². The molecule has 0 unspecified atom stereocenters. The Labute approximate surface area is 189 Å². The van der Waals surface area contributed by atoms with Gasteiger partial charge in [0.15, 0.2) is 0 Å². The Bertz CT molecular complexity index is 1190. The van der Waals surface area contributed by atoms with E-state index >= 15 is 0 Å². The van der Waals surface area contributed by atoms with Gasteiger partial charge in [0.05, 0.1) is 11.8 Å². The van der Waals surface area contributed by atoms with Crippen molar-refractivity contribution in [1.29, 1.82) is 0 Å². The summed E-state index contributed by atoms with van der Waals surface area (Å²) in [5, 5.41) is 15.3. The van der Waals surface area contributed by atoms with Gasteiger partial charge in [0.1, 0.15) is 5.00 Å². The summed E-state index contributed by atoms with van der Waals surface area (Å²) in [5.74, 6) is -1.21. The second-order valence-electron chi connectivity index (χ2n) is 7.56. The topological polar surface area (TPSA) is 83.7 Å². The lowest BCUT2D eigenvalue weighted by atomic mass is 9.95. The molecule has 0 aliphatic heterocycles. The van der Waals surface area contributed by atoms with Gasteiger partial charge in [0.25, 0.3) is 5.91 Å². The number of nitrogens with zero attached hydrogens (tertiary/aromatic N) is 2. The van der Waals surface area contributed by atoms with E-state index in [9.17, 15) is 14.7 Å². The molecule has 6 nitrogen and oxygen atoms in total. The molecule has 3 aromatic rings. The molecular formula is C23H22ClN3O3S. The number of aromatic carboxylic acids is 1. The number of hydrogen-bond donors (Lipinski definition) is 2. The number of aromatic nitrogens is 1. The lowest BCUT2D eigenvalue weighted by Crippen LogP contribution is -2.17. The number of hydrazone groups is 1. The lowest BCUT2D eigenvalue weighted by molar-refractivity contribution is 0.0695. The highest BCUT2D eigenvalue weighted by atomic mass is 35.5. The number of halogens is 1. The van der Waals surface area contributed by atoms with Crippen LogP contribution in [0.1, 0.15) is 60.9 Å². The van der Waals surface area contributed by atoms with Crippen LogP contribution in [0.2, 0.25) is 5.02 Å². The lowest BCUT2D eigenvalue weighted by Gasteiger charge is -2.11. The van der Waals surface area contributed by atoms with Crippen molar-refractivity contribution in [3.8, 4) is 5.00 Å². The van der Waals surface area contributed by atoms with E-state index in [1.807, 2.05) is 24.5 Å². The van der Waals surface area contributed by atoms with E-state index in [-0.39, 0.29) is 5.91 Å². The van der Waals surface area contributed by atoms with Crippen molar-refractivity contribution in [3.63, 3.8) is 0 Å². The number of amides is 1. The maximum atomic E-state index is 12.2. The zero-order valence-corrected chi connectivity index (χ0v) is 18.8. The second kappa shape index (κ2) is 8.69. The van der Waals surface area contributed by atoms with Crippen molar-refractivity contribution in [1.82, 2.24) is 9.99 Å². The smallest absolute Gasteiger partial charge is 0.339 e. The molecule has 2 aromatic heterocycles. The van der Waals surface area contributed by atoms with Gasteiger partial charge in [-0.1, -0.05) is 11.6 Å². The average Bonchev–Trinajstić information content (AvgIpc) is 3.25. The number of aryl methyl sites for hydroxylation is 2. The fourth-order valence-corrected chi connectivity index (χ4v) is 5.60. The Morgan fingerprint density at radius 1 is 1.19 bits per heavy atom. The van der Waals surface area contributed by atoms with Gasteiger partial charge in [-0.05, 0) is 75.4 Å². The van der Waals surface area contributed by atoms with E-state index in [0.717, 1.165) is 53.2 Å². The van der Waals surface area contributed by atoms with Crippen molar-refractivity contribution in [2.75, 3.05) is 0 Å². The van der Waals surface area contributed by atoms with Crippen LogP contribution in [-0.2, 0) is 12.8 Å². The first-order valence-electron chi connectivity index (χ1n) is 10.0. The summed E-state index contributed by atoms with van der Waals surface area (Å²) in [5.41, 5.74) is 6.99. The highest BCUT2D eigenvalue weighted by Crippen LogP contribution is 2.38. The van der Waals surface area contributed by atoms with Crippen LogP contribution in [0, 0.1) is 13.8 Å². The van der Waals surface area contributed by atoms with E-state index in [2.05, 4.69) is 10.5 Å². The molecule has 1 amide bonds. The molecule has 0 saturated carbocycles. The van der Waals surface area contributed by atoms with Gasteiger partial charge in [-0.25, -0.2) is 10.2 Å². The zero-order chi connectivity index (χ0) is 22.1. The summed E-state index contributed by atoms with van der Waals surface area (Å²) in [6.07, 6.45) is 5.46. The SMILES string of the molecule is Cc1cc(/C=N\NC(=O)c2ccc(Cl)cc2)c(C)n1-c1sc2c(c1C(=O)O)CCCC2. The molecule has 0 radical (unpaired) electrons. The number of hydrogen-bond acceptors (Lipinski definition) is 4. The van der Waals surface area contributed by atoms with E-state index in [4.69, 9.17) is 11.6 Å². The number of carbonyl (C=O) groups excluding carboxylic acids is 1. The highest BCUT2D eigenvalue weighted by molar-refractivity contribution is 7.15. The largest absolute Gasteiger partial charge is 0.478 e. The zero-order valence-electron chi connectivity index (χ0n) is 17.2. The summed E-state index contributed by atoms with van der Waals surface area (Å²) >= 11 is 7.42. The van der Waals surface area contributed by atoms with Gasteiger partial charge in [0.2, 0.25) is 0 Å². The van der Waals surface area contributed by atoms with Crippen molar-refractivity contribution in [2.45, 2.75) is 39.5 Å². The number of carbonyl (C=O) groups is 2. The number of fused-ring (bicyclic) bond motifs is 1. The molecule has 0 saturated heterocycles. The summed E-state index contributed by atoms with van der Waals surface area (Å²) < 4.78 is 1.98. The first-order valence-corrected chi connectivity index (χ1v) is 11.2. The Morgan fingerprint density at radius 2 is 1.90 bits per heavy atom. The minimum Gasteiger partial charge on any atom is -0.478 e. The van der Waals surface area contributed by atoms with E-state index in [1.54, 1.807) is 41.8 Å². The summed E-state index contributed by atoms with van der Waals surface area (Å²) in [6.45, 7) is 3.88. The van der Waals surface area contributed by atoms with Gasteiger partial charge in [-0.2, -0.15) is 5.10 Å². The van der Waals surface area contributed by atoms with Crippen molar-refractivity contribution in [2.24, 2.45) is 5.10 Å². The minimum absolute atomic E-state index is 0.333. The summed E-state index contributed by atoms with van der Waals surface area (Å²) in [6, 6.07) is 8.50. The molecule has 4 rings (SSSR count). The first-order chi connectivity index (χ1) is 14.9. The van der Waals surface area contributed by atoms with E-state index < -0.39 is 5.97 Å². The summed E-state index contributed by atoms with van der Waals surface area (Å²) in [4.78, 5) is 25.5. The van der Waals surface area contributed by atoms with Gasteiger partial charge in [-0.3, -0.25) is 4.79 Å². The van der Waals surface area contributed by atoms with Crippen molar-refractivity contribution >= 4 is 41.0 Å². The van der Waals surface area contributed by atoms with Crippen LogP contribution >= 0.6 is 22.9 Å². The quantitative estimate of drug-likeness (QED) is 0.412. The Kier molecular flexibility index (Phi) is 5.98. The normalized spacial score (nSPS) is 13.4. The molecule has 0 atom stereocenters. The molecule has 160 valence electrons. The minimum atomic E-state index is -0.882. The molecule has 0 spiro atoms. The molecule has 8 heteroatoms. The van der Waals surface area contributed by atoms with Gasteiger partial charge < -0.3 is 9.67 Å². The molecule has 0 bridgehead atoms. The van der Waals surface area contributed by atoms with Crippen LogP contribution in [0.5, 0.6) is 0 Å². The highest BCUT2D eigenvalue weighted by Gasteiger charge is 2.27. The third kappa shape index (κ3) is 4.16. The van der Waals surface area contributed by atoms with Crippen molar-refractivity contribution < 1.29 is 14.7 Å². The monoisotopic (exact) mass is 455 g/mol. The molecular weight excluding hydrogens is 434 g/mol. The standard InChI is InChI=1S/C23H22ClN3O3S/c1-13-11-16(12-25-26-21(28)15-7-9-17(24)10-8-15)14(2)27(13)22-20(23(29)30)18-5-3-4-6-19(18)31-22/h7-12H,3-6H2,1-2H3,(H,26,28)(H,29,30)/b25-12-. The second-order valence-corrected chi connectivity index (χ2v) is 9.08. The van der Waals surface area contributed by atoms with Crippen LogP contribution in [0.15, 0.2) is 35.4 Å². The molecule has 0 fully saturated rings. The molecule has 2 N–H and O–H groups in total. The molecule has 2 heterocycles. The predicted octanol–water partition coefficient (Wildman–Crippen LogP) is 5.15. The Balaban J connectivity index is 1.62. The molecule has 31 heavy (non-hydrogen) atoms. The summed E-state index contributed by atoms with van der Waals surface area (Å²) in [7, 11) is 0.